The minimum atomic E-state index is 0.458. The molecule has 0 spiro atoms. The van der Waals surface area contributed by atoms with Crippen LogP contribution in [0, 0.1) is 0 Å². The number of nitrogens with zero attached hydrogens (tertiary/aromatic N) is 3. The number of aldehydes is 1. The zero-order valence-electron chi connectivity index (χ0n) is 8.10. The first-order chi connectivity index (χ1) is 7.70. The van der Waals surface area contributed by atoms with E-state index in [4.69, 9.17) is 11.6 Å². The monoisotopic (exact) mass is 299 g/mol. The van der Waals surface area contributed by atoms with Crippen LogP contribution in [0.25, 0.3) is 0 Å². The molecule has 0 N–H and O–H groups in total. The van der Waals surface area contributed by atoms with Gasteiger partial charge in [0, 0.05) is 5.56 Å². The normalized spacial score (nSPS) is 10.4. The van der Waals surface area contributed by atoms with Gasteiger partial charge in [-0.15, -0.1) is 5.10 Å². The predicted octanol–water partition coefficient (Wildman–Crippen LogP) is 2.55. The van der Waals surface area contributed by atoms with E-state index in [1.165, 1.54) is 0 Å². The Hall–Kier alpha value is -1.20. The van der Waals surface area contributed by atoms with Gasteiger partial charge in [-0.3, -0.25) is 4.79 Å². The summed E-state index contributed by atoms with van der Waals surface area (Å²) in [4.78, 5) is 10.5. The number of benzene rings is 1. The molecule has 0 bridgehead atoms. The summed E-state index contributed by atoms with van der Waals surface area (Å²) in [5.74, 6) is 0. The molecule has 1 heterocycles. The Morgan fingerprint density at radius 2 is 2.06 bits per heavy atom. The molecule has 0 saturated carbocycles. The van der Waals surface area contributed by atoms with Crippen molar-refractivity contribution in [3.05, 3.63) is 45.1 Å². The van der Waals surface area contributed by atoms with Gasteiger partial charge < -0.3 is 0 Å². The van der Waals surface area contributed by atoms with Gasteiger partial charge in [-0.2, -0.15) is 0 Å². The molecule has 0 aliphatic rings. The van der Waals surface area contributed by atoms with Gasteiger partial charge in [-0.25, -0.2) is 4.68 Å². The van der Waals surface area contributed by atoms with Crippen molar-refractivity contribution in [3.63, 3.8) is 0 Å². The number of rotatable bonds is 3. The number of aromatic nitrogens is 3. The summed E-state index contributed by atoms with van der Waals surface area (Å²) in [6.45, 7) is 0.524. The molecule has 6 heteroatoms. The molecule has 0 aliphatic carbocycles. The van der Waals surface area contributed by atoms with Gasteiger partial charge in [0.15, 0.2) is 9.76 Å². The SMILES string of the molecule is O=Cc1ccc(Cn2nnc(Br)c2Cl)cc1. The molecular formula is C10H7BrClN3O. The lowest BCUT2D eigenvalue weighted by atomic mass is 10.1. The fourth-order valence-electron chi connectivity index (χ4n) is 1.26. The molecule has 4 nitrogen and oxygen atoms in total. The Labute approximate surface area is 105 Å². The van der Waals surface area contributed by atoms with E-state index >= 15 is 0 Å². The smallest absolute Gasteiger partial charge is 0.167 e. The maximum absolute atomic E-state index is 10.5. The Morgan fingerprint density at radius 3 is 2.56 bits per heavy atom. The summed E-state index contributed by atoms with van der Waals surface area (Å²) < 4.78 is 2.10. The maximum atomic E-state index is 10.5. The molecule has 0 saturated heterocycles. The number of hydrogen-bond donors (Lipinski definition) is 0. The zero-order valence-corrected chi connectivity index (χ0v) is 10.4. The molecule has 0 amide bonds. The van der Waals surface area contributed by atoms with Crippen LogP contribution in [0.1, 0.15) is 15.9 Å². The molecule has 82 valence electrons. The number of carbonyl (C=O) groups excluding carboxylic acids is 1. The van der Waals surface area contributed by atoms with E-state index in [2.05, 4.69) is 26.2 Å². The molecule has 1 aromatic carbocycles. The molecule has 0 radical (unpaired) electrons. The Morgan fingerprint density at radius 1 is 1.38 bits per heavy atom. The van der Waals surface area contributed by atoms with Gasteiger partial charge in [0.05, 0.1) is 6.54 Å². The Bertz CT molecular complexity index is 509. The topological polar surface area (TPSA) is 47.8 Å². The van der Waals surface area contributed by atoms with Crippen molar-refractivity contribution in [1.29, 1.82) is 0 Å². The zero-order chi connectivity index (χ0) is 11.5. The summed E-state index contributed by atoms with van der Waals surface area (Å²) in [7, 11) is 0. The maximum Gasteiger partial charge on any atom is 0.167 e. The van der Waals surface area contributed by atoms with Crippen molar-refractivity contribution < 1.29 is 4.79 Å². The highest BCUT2D eigenvalue weighted by Crippen LogP contribution is 2.19. The van der Waals surface area contributed by atoms with E-state index in [0.29, 0.717) is 21.9 Å². The number of carbonyl (C=O) groups is 1. The third kappa shape index (κ3) is 2.31. The minimum Gasteiger partial charge on any atom is -0.298 e. The van der Waals surface area contributed by atoms with Crippen molar-refractivity contribution in [2.75, 3.05) is 0 Å². The van der Waals surface area contributed by atoms with Gasteiger partial charge in [-0.1, -0.05) is 41.1 Å². The minimum absolute atomic E-state index is 0.458. The van der Waals surface area contributed by atoms with E-state index in [-0.39, 0.29) is 0 Å². The first-order valence-corrected chi connectivity index (χ1v) is 5.66. The third-order valence-corrected chi connectivity index (χ3v) is 3.22. The molecule has 0 fully saturated rings. The van der Waals surface area contributed by atoms with E-state index in [1.54, 1.807) is 16.8 Å². The molecule has 0 unspecified atom stereocenters. The fraction of sp³-hybridized carbons (Fsp3) is 0.100. The van der Waals surface area contributed by atoms with Crippen LogP contribution in [0.15, 0.2) is 28.9 Å². The van der Waals surface area contributed by atoms with Crippen LogP contribution in [0.4, 0.5) is 0 Å². The van der Waals surface area contributed by atoms with Crippen LogP contribution in [0.3, 0.4) is 0 Å². The second-order valence-electron chi connectivity index (χ2n) is 3.19. The van der Waals surface area contributed by atoms with Crippen molar-refractivity contribution in [2.24, 2.45) is 0 Å². The number of hydrogen-bond acceptors (Lipinski definition) is 3. The highest BCUT2D eigenvalue weighted by Gasteiger charge is 2.07. The molecule has 0 atom stereocenters. The summed E-state index contributed by atoms with van der Waals surface area (Å²) in [5, 5.41) is 8.12. The highest BCUT2D eigenvalue weighted by atomic mass is 79.9. The van der Waals surface area contributed by atoms with E-state index < -0.39 is 0 Å². The van der Waals surface area contributed by atoms with Gasteiger partial charge in [0.2, 0.25) is 0 Å². The van der Waals surface area contributed by atoms with Gasteiger partial charge >= 0.3 is 0 Å². The van der Waals surface area contributed by atoms with E-state index in [0.717, 1.165) is 11.8 Å². The van der Waals surface area contributed by atoms with Crippen molar-refractivity contribution in [1.82, 2.24) is 15.0 Å². The van der Waals surface area contributed by atoms with Crippen LogP contribution < -0.4 is 0 Å². The summed E-state index contributed by atoms with van der Waals surface area (Å²) in [5.41, 5.74) is 1.65. The van der Waals surface area contributed by atoms with E-state index in [9.17, 15) is 4.79 Å². The highest BCUT2D eigenvalue weighted by molar-refractivity contribution is 9.10. The molecule has 1 aromatic heterocycles. The van der Waals surface area contributed by atoms with Crippen LogP contribution in [-0.2, 0) is 6.54 Å². The average molecular weight is 301 g/mol. The molecule has 2 rings (SSSR count). The van der Waals surface area contributed by atoms with Crippen molar-refractivity contribution >= 4 is 33.8 Å². The Kier molecular flexibility index (Phi) is 3.36. The van der Waals surface area contributed by atoms with Crippen LogP contribution in [0.2, 0.25) is 5.15 Å². The van der Waals surface area contributed by atoms with Crippen LogP contribution >= 0.6 is 27.5 Å². The first kappa shape index (κ1) is 11.3. The van der Waals surface area contributed by atoms with Crippen molar-refractivity contribution in [3.8, 4) is 0 Å². The fourth-order valence-corrected chi connectivity index (χ4v) is 1.66. The summed E-state index contributed by atoms with van der Waals surface area (Å²) in [6.07, 6.45) is 0.808. The van der Waals surface area contributed by atoms with E-state index in [1.807, 2.05) is 12.1 Å². The lowest BCUT2D eigenvalue weighted by Gasteiger charge is -2.02. The molecule has 16 heavy (non-hydrogen) atoms. The van der Waals surface area contributed by atoms with Crippen LogP contribution in [0.5, 0.6) is 0 Å². The predicted molar refractivity (Wildman–Crippen MR) is 63.7 cm³/mol. The van der Waals surface area contributed by atoms with Gasteiger partial charge in [-0.05, 0) is 21.5 Å². The van der Waals surface area contributed by atoms with Crippen LogP contribution in [-0.4, -0.2) is 21.3 Å². The van der Waals surface area contributed by atoms with Crippen molar-refractivity contribution in [2.45, 2.75) is 6.54 Å². The first-order valence-electron chi connectivity index (χ1n) is 4.49. The average Bonchev–Trinajstić information content (AvgIpc) is 2.62. The number of halogens is 2. The second-order valence-corrected chi connectivity index (χ2v) is 4.30. The molecular weight excluding hydrogens is 293 g/mol. The van der Waals surface area contributed by atoms with Gasteiger partial charge in [0.1, 0.15) is 6.29 Å². The lowest BCUT2D eigenvalue weighted by molar-refractivity contribution is 0.112. The summed E-state index contributed by atoms with van der Waals surface area (Å²) >= 11 is 9.13. The third-order valence-electron chi connectivity index (χ3n) is 2.09. The quantitative estimate of drug-likeness (QED) is 0.819. The second kappa shape index (κ2) is 4.76. The lowest BCUT2D eigenvalue weighted by Crippen LogP contribution is -2.02. The van der Waals surface area contributed by atoms with Gasteiger partial charge in [0.25, 0.3) is 0 Å². The largest absolute Gasteiger partial charge is 0.298 e. The standard InChI is InChI=1S/C10H7BrClN3O/c11-9-10(12)15(14-13-9)5-7-1-3-8(6-16)4-2-7/h1-4,6H,5H2. The molecule has 0 aliphatic heterocycles. The Balaban J connectivity index is 2.20. The summed E-state index contributed by atoms with van der Waals surface area (Å²) in [6, 6.07) is 7.22. The molecule has 2 aromatic rings.